The summed E-state index contributed by atoms with van der Waals surface area (Å²) >= 11 is 5.91. The van der Waals surface area contributed by atoms with Crippen molar-refractivity contribution in [3.05, 3.63) is 64.2 Å². The molecule has 4 rings (SSSR count). The first kappa shape index (κ1) is 22.3. The molecule has 8 heteroatoms. The first-order valence-electron chi connectivity index (χ1n) is 11.1. The van der Waals surface area contributed by atoms with E-state index in [1.165, 1.54) is 19.3 Å². The summed E-state index contributed by atoms with van der Waals surface area (Å²) in [6, 6.07) is 9.50. The predicted molar refractivity (Wildman–Crippen MR) is 126 cm³/mol. The number of amides is 1. The summed E-state index contributed by atoms with van der Waals surface area (Å²) < 4.78 is 1.87. The Labute approximate surface area is 193 Å². The van der Waals surface area contributed by atoms with Crippen molar-refractivity contribution in [1.82, 2.24) is 25.1 Å². The van der Waals surface area contributed by atoms with E-state index in [1.54, 1.807) is 6.33 Å². The molecule has 0 unspecified atom stereocenters. The Morgan fingerprint density at radius 3 is 2.53 bits per heavy atom. The van der Waals surface area contributed by atoms with Gasteiger partial charge in [-0.15, -0.1) is 0 Å². The normalized spacial score (nSPS) is 13.9. The summed E-state index contributed by atoms with van der Waals surface area (Å²) in [5.41, 5.74) is 4.04. The van der Waals surface area contributed by atoms with Crippen molar-refractivity contribution >= 4 is 23.3 Å². The number of hydrogen-bond donors (Lipinski definition) is 1. The Kier molecular flexibility index (Phi) is 7.05. The smallest absolute Gasteiger partial charge is 0.220 e. The average molecular weight is 453 g/mol. The van der Waals surface area contributed by atoms with Gasteiger partial charge < -0.3 is 10.2 Å². The van der Waals surface area contributed by atoms with Crippen LogP contribution < -0.4 is 10.2 Å². The van der Waals surface area contributed by atoms with E-state index in [2.05, 4.69) is 20.2 Å². The molecule has 1 N–H and O–H groups in total. The molecule has 1 aromatic carbocycles. The first-order valence-corrected chi connectivity index (χ1v) is 11.5. The number of nitrogens with one attached hydrogen (secondary N) is 1. The zero-order valence-electron chi connectivity index (χ0n) is 18.6. The van der Waals surface area contributed by atoms with E-state index in [-0.39, 0.29) is 5.91 Å². The zero-order valence-corrected chi connectivity index (χ0v) is 19.4. The fourth-order valence-electron chi connectivity index (χ4n) is 4.14. The van der Waals surface area contributed by atoms with Crippen molar-refractivity contribution in [1.29, 1.82) is 0 Å². The quantitative estimate of drug-likeness (QED) is 0.582. The van der Waals surface area contributed by atoms with Crippen molar-refractivity contribution in [2.45, 2.75) is 52.5 Å². The highest BCUT2D eigenvalue weighted by Gasteiger charge is 2.17. The van der Waals surface area contributed by atoms with E-state index in [0.29, 0.717) is 24.4 Å². The molecular formula is C24H29ClN6O. The minimum Gasteiger partial charge on any atom is -0.356 e. The third-order valence-corrected chi connectivity index (χ3v) is 6.23. The molecule has 3 heterocycles. The van der Waals surface area contributed by atoms with E-state index in [4.69, 9.17) is 16.7 Å². The summed E-state index contributed by atoms with van der Waals surface area (Å²) in [5.74, 6) is 1.73. The van der Waals surface area contributed by atoms with Crippen LogP contribution in [-0.2, 0) is 17.8 Å². The van der Waals surface area contributed by atoms with E-state index < -0.39 is 0 Å². The van der Waals surface area contributed by atoms with Crippen LogP contribution in [0.2, 0.25) is 5.02 Å². The predicted octanol–water partition coefficient (Wildman–Crippen LogP) is 4.17. The number of aromatic nitrogens is 4. The molecule has 168 valence electrons. The number of carbonyl (C=O) groups is 1. The van der Waals surface area contributed by atoms with Crippen molar-refractivity contribution < 1.29 is 4.79 Å². The van der Waals surface area contributed by atoms with Crippen LogP contribution in [0.5, 0.6) is 0 Å². The van der Waals surface area contributed by atoms with E-state index in [0.717, 1.165) is 47.2 Å². The van der Waals surface area contributed by atoms with Crippen LogP contribution in [0.25, 0.3) is 5.82 Å². The van der Waals surface area contributed by atoms with E-state index >= 15 is 0 Å². The molecule has 1 aliphatic rings. The number of hydrogen-bond acceptors (Lipinski definition) is 5. The maximum absolute atomic E-state index is 12.4. The number of carbonyl (C=O) groups excluding carboxylic acids is 1. The summed E-state index contributed by atoms with van der Waals surface area (Å²) in [7, 11) is 0. The summed E-state index contributed by atoms with van der Waals surface area (Å²) in [6.45, 7) is 6.57. The second-order valence-electron chi connectivity index (χ2n) is 8.25. The van der Waals surface area contributed by atoms with Crippen LogP contribution in [0.3, 0.4) is 0 Å². The number of benzene rings is 1. The molecule has 1 saturated heterocycles. The highest BCUT2D eigenvalue weighted by Crippen LogP contribution is 2.22. The molecular weight excluding hydrogens is 424 g/mol. The van der Waals surface area contributed by atoms with Crippen LogP contribution >= 0.6 is 11.6 Å². The second kappa shape index (κ2) is 10.1. The number of anilines is 1. The molecule has 0 radical (unpaired) electrons. The highest BCUT2D eigenvalue weighted by atomic mass is 35.5. The van der Waals surface area contributed by atoms with Crippen LogP contribution in [0.1, 0.15) is 48.2 Å². The van der Waals surface area contributed by atoms with Gasteiger partial charge in [-0.25, -0.2) is 14.6 Å². The van der Waals surface area contributed by atoms with E-state index in [9.17, 15) is 4.79 Å². The lowest BCUT2D eigenvalue weighted by Gasteiger charge is -2.27. The Morgan fingerprint density at radius 2 is 1.78 bits per heavy atom. The summed E-state index contributed by atoms with van der Waals surface area (Å²) in [5, 5.41) is 8.37. The molecule has 0 aliphatic carbocycles. The lowest BCUT2D eigenvalue weighted by Crippen LogP contribution is -2.30. The molecule has 0 bridgehead atoms. The number of piperidine rings is 1. The third-order valence-electron chi connectivity index (χ3n) is 5.98. The van der Waals surface area contributed by atoms with Crippen LogP contribution in [0, 0.1) is 13.8 Å². The summed E-state index contributed by atoms with van der Waals surface area (Å²) in [6.07, 6.45) is 6.33. The van der Waals surface area contributed by atoms with Gasteiger partial charge in [0, 0.05) is 42.8 Å². The molecule has 7 nitrogen and oxygen atoms in total. The molecule has 0 saturated carbocycles. The Balaban J connectivity index is 1.40. The Morgan fingerprint density at radius 1 is 1.06 bits per heavy atom. The topological polar surface area (TPSA) is 75.9 Å². The van der Waals surface area contributed by atoms with Crippen molar-refractivity contribution in [2.75, 3.05) is 18.0 Å². The SMILES string of the molecule is Cc1nn(-c2cc(N3CCCCC3)ncn2)c(C)c1CCC(=O)NCc1ccc(Cl)cc1. The fraction of sp³-hybridized carbons (Fsp3) is 0.417. The monoisotopic (exact) mass is 452 g/mol. The maximum atomic E-state index is 12.4. The van der Waals surface area contributed by atoms with Crippen molar-refractivity contribution in [3.63, 3.8) is 0 Å². The molecule has 1 fully saturated rings. The number of aryl methyl sites for hydroxylation is 1. The largest absolute Gasteiger partial charge is 0.356 e. The van der Waals surface area contributed by atoms with Crippen LogP contribution in [0.4, 0.5) is 5.82 Å². The Bertz CT molecular complexity index is 1070. The second-order valence-corrected chi connectivity index (χ2v) is 8.68. The van der Waals surface area contributed by atoms with Gasteiger partial charge in [-0.3, -0.25) is 4.79 Å². The molecule has 0 atom stereocenters. The van der Waals surface area contributed by atoms with Gasteiger partial charge in [0.05, 0.1) is 5.69 Å². The fourth-order valence-corrected chi connectivity index (χ4v) is 4.26. The molecule has 1 aliphatic heterocycles. The molecule has 0 spiro atoms. The number of halogens is 1. The minimum atomic E-state index is 0.0147. The van der Waals surface area contributed by atoms with Gasteiger partial charge in [-0.05, 0) is 62.8 Å². The lowest BCUT2D eigenvalue weighted by molar-refractivity contribution is -0.121. The number of nitrogens with zero attached hydrogens (tertiary/aromatic N) is 5. The van der Waals surface area contributed by atoms with Gasteiger partial charge in [0.2, 0.25) is 5.91 Å². The standard InChI is InChI=1S/C24H29ClN6O/c1-17-21(10-11-24(32)26-15-19-6-8-20(25)9-7-19)18(2)31(29-17)23-14-22(27-16-28-23)30-12-4-3-5-13-30/h6-9,14,16H,3-5,10-13,15H2,1-2H3,(H,26,32). The molecule has 32 heavy (non-hydrogen) atoms. The van der Waals surface area contributed by atoms with E-state index in [1.807, 2.05) is 48.9 Å². The lowest BCUT2D eigenvalue weighted by atomic mass is 10.1. The molecule has 1 amide bonds. The van der Waals surface area contributed by atoms with Crippen LogP contribution in [-0.4, -0.2) is 38.7 Å². The van der Waals surface area contributed by atoms with Crippen LogP contribution in [0.15, 0.2) is 36.7 Å². The van der Waals surface area contributed by atoms with Gasteiger partial charge in [0.25, 0.3) is 0 Å². The summed E-state index contributed by atoms with van der Waals surface area (Å²) in [4.78, 5) is 23.6. The van der Waals surface area contributed by atoms with Gasteiger partial charge in [0.15, 0.2) is 5.82 Å². The molecule has 3 aromatic rings. The minimum absolute atomic E-state index is 0.0147. The number of rotatable bonds is 7. The molecule has 2 aromatic heterocycles. The van der Waals surface area contributed by atoms with Gasteiger partial charge in [0.1, 0.15) is 12.1 Å². The van der Waals surface area contributed by atoms with Gasteiger partial charge in [-0.1, -0.05) is 23.7 Å². The average Bonchev–Trinajstić information content (AvgIpc) is 3.11. The zero-order chi connectivity index (χ0) is 22.5. The third kappa shape index (κ3) is 5.27. The highest BCUT2D eigenvalue weighted by molar-refractivity contribution is 6.30. The van der Waals surface area contributed by atoms with Crippen molar-refractivity contribution in [3.8, 4) is 5.82 Å². The van der Waals surface area contributed by atoms with Crippen molar-refractivity contribution in [2.24, 2.45) is 0 Å². The first-order chi connectivity index (χ1) is 15.5. The van der Waals surface area contributed by atoms with Gasteiger partial charge in [-0.2, -0.15) is 5.10 Å². The maximum Gasteiger partial charge on any atom is 0.220 e. The van der Waals surface area contributed by atoms with Gasteiger partial charge >= 0.3 is 0 Å². The Hall–Kier alpha value is -2.93.